The molecule has 1 amide bonds. The first-order valence-corrected chi connectivity index (χ1v) is 8.66. The van der Waals surface area contributed by atoms with Crippen molar-refractivity contribution in [3.05, 3.63) is 39.4 Å². The summed E-state index contributed by atoms with van der Waals surface area (Å²) in [6.07, 6.45) is 4.10. The average Bonchev–Trinajstić information content (AvgIpc) is 2.66. The molecule has 1 N–H and O–H groups in total. The minimum atomic E-state index is -0.935. The molecular formula is C18H22N2O7. The van der Waals surface area contributed by atoms with Crippen molar-refractivity contribution >= 4 is 23.5 Å². The summed E-state index contributed by atoms with van der Waals surface area (Å²) in [7, 11) is 1.12. The Morgan fingerprint density at radius 2 is 1.78 bits per heavy atom. The van der Waals surface area contributed by atoms with Crippen molar-refractivity contribution in [3.63, 3.8) is 0 Å². The number of hydrogen-bond acceptors (Lipinski definition) is 7. The highest BCUT2D eigenvalue weighted by atomic mass is 16.6. The molecule has 1 aromatic carbocycles. The van der Waals surface area contributed by atoms with Crippen LogP contribution in [0.4, 0.5) is 5.69 Å². The lowest BCUT2D eigenvalue weighted by Crippen LogP contribution is -2.42. The molecule has 0 aliphatic heterocycles. The van der Waals surface area contributed by atoms with E-state index in [0.29, 0.717) is 5.92 Å². The van der Waals surface area contributed by atoms with E-state index < -0.39 is 35.1 Å². The second-order valence-corrected chi connectivity index (χ2v) is 6.53. The summed E-state index contributed by atoms with van der Waals surface area (Å²) < 4.78 is 9.46. The summed E-state index contributed by atoms with van der Waals surface area (Å²) in [6.45, 7) is 1.56. The van der Waals surface area contributed by atoms with Crippen molar-refractivity contribution in [2.24, 2.45) is 5.92 Å². The lowest BCUT2D eigenvalue weighted by atomic mass is 9.86. The van der Waals surface area contributed by atoms with E-state index in [-0.39, 0.29) is 17.2 Å². The maximum absolute atomic E-state index is 12.2. The van der Waals surface area contributed by atoms with E-state index in [4.69, 9.17) is 4.74 Å². The van der Waals surface area contributed by atoms with E-state index in [0.717, 1.165) is 51.0 Å². The smallest absolute Gasteiger partial charge is 0.338 e. The number of nitro benzene ring substituents is 1. The van der Waals surface area contributed by atoms with Gasteiger partial charge in [-0.15, -0.1) is 0 Å². The van der Waals surface area contributed by atoms with Gasteiger partial charge in [0.05, 0.1) is 23.2 Å². The van der Waals surface area contributed by atoms with Gasteiger partial charge in [-0.2, -0.15) is 0 Å². The van der Waals surface area contributed by atoms with Gasteiger partial charge in [-0.3, -0.25) is 14.9 Å². The first kappa shape index (κ1) is 20.3. The topological polar surface area (TPSA) is 125 Å². The number of hydrogen-bond donors (Lipinski definition) is 1. The van der Waals surface area contributed by atoms with Gasteiger partial charge in [0.15, 0.2) is 6.61 Å². The van der Waals surface area contributed by atoms with Crippen molar-refractivity contribution in [1.29, 1.82) is 0 Å². The molecular weight excluding hydrogens is 356 g/mol. The molecule has 0 heterocycles. The van der Waals surface area contributed by atoms with Crippen LogP contribution in [0.2, 0.25) is 0 Å². The van der Waals surface area contributed by atoms with E-state index >= 15 is 0 Å². The van der Waals surface area contributed by atoms with Gasteiger partial charge in [-0.25, -0.2) is 9.59 Å². The number of esters is 2. The number of amides is 1. The lowest BCUT2D eigenvalue weighted by molar-refractivity contribution is -0.384. The highest BCUT2D eigenvalue weighted by Gasteiger charge is 2.24. The average molecular weight is 378 g/mol. The van der Waals surface area contributed by atoms with E-state index in [1.54, 1.807) is 0 Å². The third-order valence-electron chi connectivity index (χ3n) is 4.58. The zero-order chi connectivity index (χ0) is 20.0. The van der Waals surface area contributed by atoms with E-state index in [1.807, 2.05) is 0 Å². The first-order valence-electron chi connectivity index (χ1n) is 8.66. The van der Waals surface area contributed by atoms with Crippen molar-refractivity contribution in [2.45, 2.75) is 38.6 Å². The van der Waals surface area contributed by atoms with Crippen LogP contribution in [-0.2, 0) is 14.3 Å². The Morgan fingerprint density at radius 3 is 2.37 bits per heavy atom. The number of nitro groups is 1. The SMILES string of the molecule is COC(=O)c1cc(C(=O)OCC(=O)NC2CCCCC2C)cc([N+](=O)[O-])c1. The minimum Gasteiger partial charge on any atom is -0.465 e. The monoisotopic (exact) mass is 378 g/mol. The van der Waals surface area contributed by atoms with Crippen LogP contribution in [0.3, 0.4) is 0 Å². The zero-order valence-corrected chi connectivity index (χ0v) is 15.2. The van der Waals surface area contributed by atoms with Gasteiger partial charge in [-0.1, -0.05) is 19.8 Å². The van der Waals surface area contributed by atoms with Gasteiger partial charge >= 0.3 is 11.9 Å². The summed E-state index contributed by atoms with van der Waals surface area (Å²) in [5.41, 5.74) is -0.812. The van der Waals surface area contributed by atoms with Gasteiger partial charge in [0.2, 0.25) is 0 Å². The van der Waals surface area contributed by atoms with Crippen LogP contribution in [-0.4, -0.2) is 42.5 Å². The van der Waals surface area contributed by atoms with Crippen molar-refractivity contribution in [2.75, 3.05) is 13.7 Å². The molecule has 1 fully saturated rings. The number of nitrogens with one attached hydrogen (secondary N) is 1. The molecule has 9 heteroatoms. The molecule has 0 spiro atoms. The Labute approximate surface area is 156 Å². The van der Waals surface area contributed by atoms with Crippen LogP contribution in [0.5, 0.6) is 0 Å². The highest BCUT2D eigenvalue weighted by molar-refractivity contribution is 5.97. The maximum Gasteiger partial charge on any atom is 0.338 e. The number of rotatable bonds is 6. The number of carbonyl (C=O) groups is 3. The van der Waals surface area contributed by atoms with Gasteiger partial charge in [0.25, 0.3) is 11.6 Å². The molecule has 9 nitrogen and oxygen atoms in total. The van der Waals surface area contributed by atoms with Crippen LogP contribution >= 0.6 is 0 Å². The maximum atomic E-state index is 12.2. The third-order valence-corrected chi connectivity index (χ3v) is 4.58. The third kappa shape index (κ3) is 5.50. The molecule has 0 aromatic heterocycles. The summed E-state index contributed by atoms with van der Waals surface area (Å²) in [5.74, 6) is -1.83. The number of methoxy groups -OCH3 is 1. The predicted octanol–water partition coefficient (Wildman–Crippen LogP) is 2.23. The standard InChI is InChI=1S/C18H22N2O7/c1-11-5-3-4-6-15(11)19-16(21)10-27-18(23)13-7-12(17(22)26-2)8-14(9-13)20(24)25/h7-9,11,15H,3-6,10H2,1-2H3,(H,19,21). The Morgan fingerprint density at radius 1 is 1.15 bits per heavy atom. The normalized spacial score (nSPS) is 19.0. The van der Waals surface area contributed by atoms with Crippen molar-refractivity contribution < 1.29 is 28.8 Å². The quantitative estimate of drug-likeness (QED) is 0.457. The Balaban J connectivity index is 2.02. The van der Waals surface area contributed by atoms with Gasteiger partial charge in [0.1, 0.15) is 0 Å². The molecule has 0 saturated heterocycles. The van der Waals surface area contributed by atoms with Gasteiger partial charge in [-0.05, 0) is 24.8 Å². The second kappa shape index (κ2) is 9.11. The summed E-state index contributed by atoms with van der Waals surface area (Å²) in [6, 6.07) is 3.16. The lowest BCUT2D eigenvalue weighted by Gasteiger charge is -2.29. The second-order valence-electron chi connectivity index (χ2n) is 6.53. The van der Waals surface area contributed by atoms with Crippen molar-refractivity contribution in [1.82, 2.24) is 5.32 Å². The van der Waals surface area contributed by atoms with Crippen LogP contribution in [0, 0.1) is 16.0 Å². The van der Waals surface area contributed by atoms with Crippen molar-refractivity contribution in [3.8, 4) is 0 Å². The molecule has 1 aliphatic rings. The molecule has 27 heavy (non-hydrogen) atoms. The number of non-ortho nitro benzene ring substituents is 1. The van der Waals surface area contributed by atoms with Crippen LogP contribution in [0.25, 0.3) is 0 Å². The number of ether oxygens (including phenoxy) is 2. The summed E-state index contributed by atoms with van der Waals surface area (Å²) in [5, 5.41) is 13.8. The molecule has 146 valence electrons. The van der Waals surface area contributed by atoms with E-state index in [9.17, 15) is 24.5 Å². The molecule has 0 bridgehead atoms. The Bertz CT molecular complexity index is 747. The fourth-order valence-corrected chi connectivity index (χ4v) is 3.06. The Hall–Kier alpha value is -2.97. The fraction of sp³-hybridized carbons (Fsp3) is 0.500. The Kier molecular flexibility index (Phi) is 6.86. The zero-order valence-electron chi connectivity index (χ0n) is 15.2. The molecule has 2 atom stereocenters. The fourth-order valence-electron chi connectivity index (χ4n) is 3.06. The summed E-state index contributed by atoms with van der Waals surface area (Å²) >= 11 is 0. The molecule has 2 unspecified atom stereocenters. The van der Waals surface area contributed by atoms with Crippen LogP contribution < -0.4 is 5.32 Å². The predicted molar refractivity (Wildman–Crippen MR) is 94.3 cm³/mol. The van der Waals surface area contributed by atoms with Crippen LogP contribution in [0.1, 0.15) is 53.3 Å². The molecule has 2 rings (SSSR count). The van der Waals surface area contributed by atoms with E-state index in [2.05, 4.69) is 17.0 Å². The first-order chi connectivity index (χ1) is 12.8. The largest absolute Gasteiger partial charge is 0.465 e. The number of carbonyl (C=O) groups excluding carboxylic acids is 3. The van der Waals surface area contributed by atoms with E-state index in [1.165, 1.54) is 0 Å². The minimum absolute atomic E-state index is 0.0497. The van der Waals surface area contributed by atoms with Gasteiger partial charge < -0.3 is 14.8 Å². The molecule has 1 aromatic rings. The highest BCUT2D eigenvalue weighted by Crippen LogP contribution is 2.23. The number of nitrogens with zero attached hydrogens (tertiary/aromatic N) is 1. The number of benzene rings is 1. The van der Waals surface area contributed by atoms with Crippen LogP contribution in [0.15, 0.2) is 18.2 Å². The van der Waals surface area contributed by atoms with Gasteiger partial charge in [0, 0.05) is 18.2 Å². The summed E-state index contributed by atoms with van der Waals surface area (Å²) in [4.78, 5) is 46.1. The molecule has 1 aliphatic carbocycles. The molecule has 0 radical (unpaired) electrons. The molecule has 1 saturated carbocycles.